The van der Waals surface area contributed by atoms with Gasteiger partial charge in [-0.05, 0) is 35.1 Å². The van der Waals surface area contributed by atoms with E-state index in [0.29, 0.717) is 0 Å². The largest absolute Gasteiger partial charge is 0.237 e. The van der Waals surface area contributed by atoms with Crippen LogP contribution < -0.4 is 0 Å². The average Bonchev–Trinajstić information content (AvgIpc) is 3.06. The fourth-order valence-electron chi connectivity index (χ4n) is 3.57. The highest BCUT2D eigenvalue weighted by Crippen LogP contribution is 2.48. The van der Waals surface area contributed by atoms with Gasteiger partial charge in [-0.1, -0.05) is 74.8 Å². The Balaban J connectivity index is 2.41. The Kier molecular flexibility index (Phi) is 4.22. The smallest absolute Gasteiger partial charge is 0.137 e. The van der Waals surface area contributed by atoms with E-state index in [0.717, 1.165) is 16.1 Å². The zero-order chi connectivity index (χ0) is 17.4. The van der Waals surface area contributed by atoms with Crippen LogP contribution >= 0.6 is 11.6 Å². The van der Waals surface area contributed by atoms with E-state index >= 15 is 0 Å². The molecule has 1 atom stereocenters. The molecule has 1 heterocycles. The number of hydrogen-bond acceptors (Lipinski definition) is 2. The van der Waals surface area contributed by atoms with Crippen LogP contribution in [-0.2, 0) is 5.54 Å². The van der Waals surface area contributed by atoms with E-state index < -0.39 is 5.54 Å². The molecule has 0 N–H and O–H groups in total. The highest BCUT2D eigenvalue weighted by atomic mass is 35.5. The third-order valence-corrected chi connectivity index (χ3v) is 5.04. The molecule has 0 aliphatic heterocycles. The molecule has 0 spiro atoms. The molecular formula is C20H22ClN3. The van der Waals surface area contributed by atoms with Crippen molar-refractivity contribution in [1.29, 1.82) is 0 Å². The molecule has 0 amide bonds. The Morgan fingerprint density at radius 2 is 1.67 bits per heavy atom. The molecular weight excluding hydrogens is 318 g/mol. The molecule has 1 aromatic heterocycles. The summed E-state index contributed by atoms with van der Waals surface area (Å²) in [6, 6.07) is 16.7. The van der Waals surface area contributed by atoms with Gasteiger partial charge in [0.05, 0.1) is 0 Å². The van der Waals surface area contributed by atoms with Crippen LogP contribution in [0.25, 0.3) is 0 Å². The molecule has 0 bridgehead atoms. The lowest BCUT2D eigenvalue weighted by molar-refractivity contribution is 0.171. The van der Waals surface area contributed by atoms with E-state index in [1.807, 2.05) is 23.7 Å². The van der Waals surface area contributed by atoms with Crippen LogP contribution in [0.3, 0.4) is 0 Å². The topological polar surface area (TPSA) is 30.7 Å². The predicted octanol–water partition coefficient (Wildman–Crippen LogP) is 5.08. The van der Waals surface area contributed by atoms with Crippen molar-refractivity contribution in [2.45, 2.75) is 33.2 Å². The molecule has 3 aromatic rings. The van der Waals surface area contributed by atoms with Crippen LogP contribution in [0.2, 0.25) is 5.02 Å². The van der Waals surface area contributed by atoms with Crippen molar-refractivity contribution in [3.8, 4) is 0 Å². The van der Waals surface area contributed by atoms with Crippen LogP contribution in [0.1, 0.15) is 37.5 Å². The Morgan fingerprint density at radius 3 is 2.21 bits per heavy atom. The summed E-state index contributed by atoms with van der Waals surface area (Å²) >= 11 is 6.28. The van der Waals surface area contributed by atoms with Gasteiger partial charge in [-0.15, -0.1) is 0 Å². The van der Waals surface area contributed by atoms with Gasteiger partial charge in [0, 0.05) is 5.02 Å². The van der Waals surface area contributed by atoms with Crippen LogP contribution in [-0.4, -0.2) is 14.8 Å². The maximum absolute atomic E-state index is 6.28. The molecule has 124 valence electrons. The number of hydrogen-bond donors (Lipinski definition) is 0. The monoisotopic (exact) mass is 339 g/mol. The van der Waals surface area contributed by atoms with Gasteiger partial charge in [0.2, 0.25) is 0 Å². The summed E-state index contributed by atoms with van der Waals surface area (Å²) in [7, 11) is 0. The number of aromatic nitrogens is 3. The Bertz CT molecular complexity index is 820. The highest BCUT2D eigenvalue weighted by molar-refractivity contribution is 6.31. The first-order valence-corrected chi connectivity index (χ1v) is 8.42. The minimum atomic E-state index is -0.486. The lowest BCUT2D eigenvalue weighted by Crippen LogP contribution is -2.48. The van der Waals surface area contributed by atoms with Gasteiger partial charge in [0.1, 0.15) is 18.2 Å². The number of rotatable bonds is 3. The fraction of sp³-hybridized carbons (Fsp3) is 0.300. The molecule has 1 unspecified atom stereocenters. The standard InChI is InChI=1S/C20H22ClN3/c1-15-12-17(10-11-18(15)21)20(19(2,3)4,24-14-22-13-23-24)16-8-6-5-7-9-16/h5-14H,1-4H3. The first-order valence-electron chi connectivity index (χ1n) is 8.04. The van der Waals surface area contributed by atoms with Gasteiger partial charge in [0.15, 0.2) is 0 Å². The molecule has 24 heavy (non-hydrogen) atoms. The molecule has 4 heteroatoms. The molecule has 0 aliphatic carbocycles. The number of nitrogens with zero attached hydrogens (tertiary/aromatic N) is 3. The van der Waals surface area contributed by atoms with Gasteiger partial charge in [-0.2, -0.15) is 5.10 Å². The number of benzene rings is 2. The SMILES string of the molecule is Cc1cc(C(c2ccccc2)(n2cncn2)C(C)(C)C)ccc1Cl. The van der Waals surface area contributed by atoms with Crippen molar-refractivity contribution in [2.24, 2.45) is 5.41 Å². The lowest BCUT2D eigenvalue weighted by Gasteiger charge is -2.45. The zero-order valence-electron chi connectivity index (χ0n) is 14.5. The van der Waals surface area contributed by atoms with E-state index in [-0.39, 0.29) is 5.41 Å². The van der Waals surface area contributed by atoms with Gasteiger partial charge < -0.3 is 0 Å². The van der Waals surface area contributed by atoms with Gasteiger partial charge in [-0.3, -0.25) is 0 Å². The van der Waals surface area contributed by atoms with E-state index in [9.17, 15) is 0 Å². The lowest BCUT2D eigenvalue weighted by atomic mass is 9.65. The molecule has 2 aromatic carbocycles. The first kappa shape index (κ1) is 16.7. The van der Waals surface area contributed by atoms with Crippen molar-refractivity contribution in [2.75, 3.05) is 0 Å². The minimum Gasteiger partial charge on any atom is -0.237 e. The fourth-order valence-corrected chi connectivity index (χ4v) is 3.69. The molecule has 0 saturated carbocycles. The van der Waals surface area contributed by atoms with Gasteiger partial charge >= 0.3 is 0 Å². The van der Waals surface area contributed by atoms with E-state index in [1.165, 1.54) is 5.56 Å². The third kappa shape index (κ3) is 2.53. The van der Waals surface area contributed by atoms with E-state index in [4.69, 9.17) is 11.6 Å². The number of aryl methyl sites for hydroxylation is 1. The van der Waals surface area contributed by atoms with Crippen LogP contribution in [0.15, 0.2) is 61.2 Å². The summed E-state index contributed by atoms with van der Waals surface area (Å²) < 4.78 is 1.96. The minimum absolute atomic E-state index is 0.150. The highest BCUT2D eigenvalue weighted by Gasteiger charge is 2.47. The summed E-state index contributed by atoms with van der Waals surface area (Å²) in [5.41, 5.74) is 2.74. The predicted molar refractivity (Wildman–Crippen MR) is 98.3 cm³/mol. The van der Waals surface area contributed by atoms with Crippen molar-refractivity contribution in [3.63, 3.8) is 0 Å². The van der Waals surface area contributed by atoms with Crippen LogP contribution in [0.5, 0.6) is 0 Å². The Morgan fingerprint density at radius 1 is 0.958 bits per heavy atom. The average molecular weight is 340 g/mol. The van der Waals surface area contributed by atoms with Crippen molar-refractivity contribution in [1.82, 2.24) is 14.8 Å². The Hall–Kier alpha value is -2.13. The van der Waals surface area contributed by atoms with E-state index in [1.54, 1.807) is 12.7 Å². The second-order valence-corrected chi connectivity index (χ2v) is 7.54. The summed E-state index contributed by atoms with van der Waals surface area (Å²) in [6.07, 6.45) is 3.38. The second kappa shape index (κ2) is 6.06. The van der Waals surface area contributed by atoms with Crippen molar-refractivity contribution >= 4 is 11.6 Å². The van der Waals surface area contributed by atoms with Gasteiger partial charge in [-0.25, -0.2) is 9.67 Å². The van der Waals surface area contributed by atoms with Crippen LogP contribution in [0.4, 0.5) is 0 Å². The van der Waals surface area contributed by atoms with Gasteiger partial charge in [0.25, 0.3) is 0 Å². The summed E-state index contributed by atoms with van der Waals surface area (Å²) in [5, 5.41) is 5.30. The molecule has 0 aliphatic rings. The van der Waals surface area contributed by atoms with E-state index in [2.05, 4.69) is 67.3 Å². The zero-order valence-corrected chi connectivity index (χ0v) is 15.2. The number of halogens is 1. The van der Waals surface area contributed by atoms with Crippen molar-refractivity contribution in [3.05, 3.63) is 82.9 Å². The summed E-state index contributed by atoms with van der Waals surface area (Å²) in [6.45, 7) is 8.72. The maximum Gasteiger partial charge on any atom is 0.137 e. The summed E-state index contributed by atoms with van der Waals surface area (Å²) in [4.78, 5) is 4.22. The molecule has 0 fully saturated rings. The maximum atomic E-state index is 6.28. The summed E-state index contributed by atoms with van der Waals surface area (Å²) in [5.74, 6) is 0. The molecule has 3 nitrogen and oxygen atoms in total. The molecule has 0 radical (unpaired) electrons. The normalized spacial score (nSPS) is 14.4. The quantitative estimate of drug-likeness (QED) is 0.666. The first-order chi connectivity index (χ1) is 11.4. The molecule has 0 saturated heterocycles. The Labute approximate surface area is 148 Å². The van der Waals surface area contributed by atoms with Crippen molar-refractivity contribution < 1.29 is 0 Å². The second-order valence-electron chi connectivity index (χ2n) is 7.13. The molecule has 3 rings (SSSR count). The van der Waals surface area contributed by atoms with Crippen LogP contribution in [0, 0.1) is 12.3 Å². The third-order valence-electron chi connectivity index (χ3n) is 4.62.